The number of benzene rings is 1. The van der Waals surface area contributed by atoms with Gasteiger partial charge in [0.05, 0.1) is 6.54 Å². The lowest BCUT2D eigenvalue weighted by molar-refractivity contribution is -0.143. The molecule has 1 amide bonds. The summed E-state index contributed by atoms with van der Waals surface area (Å²) in [7, 11) is 0. The largest absolute Gasteiger partial charge is 0.480 e. The zero-order valence-electron chi connectivity index (χ0n) is 13.8. The molecule has 7 heteroatoms. The van der Waals surface area contributed by atoms with Gasteiger partial charge in [-0.1, -0.05) is 6.07 Å². The Morgan fingerprint density at radius 2 is 1.88 bits per heavy atom. The molecule has 0 aliphatic heterocycles. The zero-order chi connectivity index (χ0) is 17.9. The van der Waals surface area contributed by atoms with Gasteiger partial charge in [-0.15, -0.1) is 0 Å². The molecule has 0 aromatic heterocycles. The number of aliphatic carboxylic acids is 1. The molecular weight excluding hydrogens is 318 g/mol. The van der Waals surface area contributed by atoms with E-state index in [0.29, 0.717) is 0 Å². The predicted octanol–water partition coefficient (Wildman–Crippen LogP) is 1.95. The van der Waals surface area contributed by atoms with Crippen molar-refractivity contribution >= 4 is 11.9 Å². The highest BCUT2D eigenvalue weighted by Gasteiger charge is 2.36. The Labute approximate surface area is 139 Å². The number of rotatable bonds is 8. The SMILES string of the molecule is CC(Cc1c(F)cccc1F)NC(=O)CN(C1CC1)C(C)C(=O)O. The molecular formula is C17H22F2N2O3. The van der Waals surface area contributed by atoms with E-state index in [2.05, 4.69) is 5.32 Å². The maximum Gasteiger partial charge on any atom is 0.320 e. The molecule has 0 heterocycles. The van der Waals surface area contributed by atoms with E-state index in [4.69, 9.17) is 5.11 Å². The van der Waals surface area contributed by atoms with Gasteiger partial charge < -0.3 is 10.4 Å². The van der Waals surface area contributed by atoms with Gasteiger partial charge in [0.1, 0.15) is 17.7 Å². The number of carbonyl (C=O) groups excluding carboxylic acids is 1. The van der Waals surface area contributed by atoms with Crippen LogP contribution in [0.25, 0.3) is 0 Å². The van der Waals surface area contributed by atoms with Crippen LogP contribution in [-0.4, -0.2) is 46.6 Å². The van der Waals surface area contributed by atoms with Crippen LogP contribution in [0.2, 0.25) is 0 Å². The topological polar surface area (TPSA) is 69.6 Å². The van der Waals surface area contributed by atoms with E-state index in [0.717, 1.165) is 12.8 Å². The second-order valence-electron chi connectivity index (χ2n) is 6.29. The van der Waals surface area contributed by atoms with Gasteiger partial charge in [0.25, 0.3) is 0 Å². The summed E-state index contributed by atoms with van der Waals surface area (Å²) in [6.45, 7) is 3.17. The van der Waals surface area contributed by atoms with Crippen molar-refractivity contribution in [1.29, 1.82) is 0 Å². The number of carboxylic acid groups (broad SMARTS) is 1. The van der Waals surface area contributed by atoms with Crippen molar-refractivity contribution in [3.63, 3.8) is 0 Å². The van der Waals surface area contributed by atoms with Crippen LogP contribution in [0.4, 0.5) is 8.78 Å². The first kappa shape index (κ1) is 18.3. The Bertz CT molecular complexity index is 600. The first-order valence-corrected chi connectivity index (χ1v) is 8.00. The third-order valence-corrected chi connectivity index (χ3v) is 4.18. The summed E-state index contributed by atoms with van der Waals surface area (Å²) in [5, 5.41) is 11.8. The number of carbonyl (C=O) groups is 2. The number of amides is 1. The van der Waals surface area contributed by atoms with Crippen LogP contribution >= 0.6 is 0 Å². The molecule has 2 rings (SSSR count). The highest BCUT2D eigenvalue weighted by Crippen LogP contribution is 2.28. The van der Waals surface area contributed by atoms with Crippen molar-refractivity contribution < 1.29 is 23.5 Å². The minimum Gasteiger partial charge on any atom is -0.480 e. The zero-order valence-corrected chi connectivity index (χ0v) is 13.8. The van der Waals surface area contributed by atoms with Gasteiger partial charge in [-0.05, 0) is 45.2 Å². The standard InChI is InChI=1S/C17H22F2N2O3/c1-10(8-13-14(18)4-3-5-15(13)19)20-16(22)9-21(12-6-7-12)11(2)17(23)24/h3-5,10-12H,6-9H2,1-2H3,(H,20,22)(H,23,24). The van der Waals surface area contributed by atoms with Crippen LogP contribution in [0.15, 0.2) is 18.2 Å². The fourth-order valence-electron chi connectivity index (χ4n) is 2.70. The fourth-order valence-corrected chi connectivity index (χ4v) is 2.70. The third-order valence-electron chi connectivity index (χ3n) is 4.18. The van der Waals surface area contributed by atoms with Crippen LogP contribution in [0.3, 0.4) is 0 Å². The van der Waals surface area contributed by atoms with Crippen LogP contribution in [0, 0.1) is 11.6 Å². The molecule has 2 atom stereocenters. The summed E-state index contributed by atoms with van der Waals surface area (Å²) in [6, 6.07) is 2.54. The number of hydrogen-bond donors (Lipinski definition) is 2. The monoisotopic (exact) mass is 340 g/mol. The van der Waals surface area contributed by atoms with E-state index < -0.39 is 29.7 Å². The lowest BCUT2D eigenvalue weighted by Gasteiger charge is -2.26. The lowest BCUT2D eigenvalue weighted by Crippen LogP contribution is -2.48. The van der Waals surface area contributed by atoms with Gasteiger partial charge in [-0.25, -0.2) is 8.78 Å². The highest BCUT2D eigenvalue weighted by molar-refractivity contribution is 5.80. The van der Waals surface area contributed by atoms with Crippen molar-refractivity contribution in [2.24, 2.45) is 0 Å². The van der Waals surface area contributed by atoms with Crippen molar-refractivity contribution in [2.75, 3.05) is 6.54 Å². The van der Waals surface area contributed by atoms with E-state index in [1.807, 2.05) is 0 Å². The lowest BCUT2D eigenvalue weighted by atomic mass is 10.1. The average molecular weight is 340 g/mol. The molecule has 5 nitrogen and oxygen atoms in total. The van der Waals surface area contributed by atoms with E-state index >= 15 is 0 Å². The normalized spacial score (nSPS) is 16.7. The Morgan fingerprint density at radius 3 is 2.38 bits per heavy atom. The van der Waals surface area contributed by atoms with E-state index in [9.17, 15) is 18.4 Å². The van der Waals surface area contributed by atoms with Crippen molar-refractivity contribution in [3.8, 4) is 0 Å². The molecule has 2 N–H and O–H groups in total. The van der Waals surface area contributed by atoms with Crippen molar-refractivity contribution in [3.05, 3.63) is 35.4 Å². The molecule has 1 fully saturated rings. The van der Waals surface area contributed by atoms with Gasteiger partial charge in [0, 0.05) is 17.6 Å². The van der Waals surface area contributed by atoms with E-state index in [-0.39, 0.29) is 30.5 Å². The Morgan fingerprint density at radius 1 is 1.29 bits per heavy atom. The Balaban J connectivity index is 1.92. The molecule has 2 unspecified atom stereocenters. The molecule has 1 saturated carbocycles. The second-order valence-corrected chi connectivity index (χ2v) is 6.29. The maximum absolute atomic E-state index is 13.6. The van der Waals surface area contributed by atoms with Gasteiger partial charge in [-0.3, -0.25) is 14.5 Å². The third kappa shape index (κ3) is 4.74. The minimum atomic E-state index is -0.976. The summed E-state index contributed by atoms with van der Waals surface area (Å²) in [5.41, 5.74) is -0.0664. The predicted molar refractivity (Wildman–Crippen MR) is 84.5 cm³/mol. The van der Waals surface area contributed by atoms with Crippen LogP contribution in [0.5, 0.6) is 0 Å². The fraction of sp³-hybridized carbons (Fsp3) is 0.529. The Hall–Kier alpha value is -2.02. The summed E-state index contributed by atoms with van der Waals surface area (Å²) in [6.07, 6.45) is 1.78. The second kappa shape index (κ2) is 7.70. The summed E-state index contributed by atoms with van der Waals surface area (Å²) in [4.78, 5) is 24.9. The molecule has 24 heavy (non-hydrogen) atoms. The molecule has 1 aliphatic rings. The quantitative estimate of drug-likeness (QED) is 0.759. The minimum absolute atomic E-state index is 0.0299. The average Bonchev–Trinajstić information content (AvgIpc) is 3.32. The van der Waals surface area contributed by atoms with Crippen LogP contribution in [0.1, 0.15) is 32.3 Å². The molecule has 0 bridgehead atoms. The van der Waals surface area contributed by atoms with Gasteiger partial charge in [0.15, 0.2) is 0 Å². The van der Waals surface area contributed by atoms with Gasteiger partial charge in [-0.2, -0.15) is 0 Å². The number of halogens is 2. The molecule has 0 saturated heterocycles. The van der Waals surface area contributed by atoms with Crippen molar-refractivity contribution in [2.45, 2.75) is 51.2 Å². The summed E-state index contributed by atoms with van der Waals surface area (Å²) < 4.78 is 27.3. The number of carboxylic acids is 1. The summed E-state index contributed by atoms with van der Waals surface area (Å²) >= 11 is 0. The molecule has 132 valence electrons. The number of hydrogen-bond acceptors (Lipinski definition) is 3. The van der Waals surface area contributed by atoms with Gasteiger partial charge >= 0.3 is 5.97 Å². The smallest absolute Gasteiger partial charge is 0.320 e. The molecule has 1 aromatic rings. The highest BCUT2D eigenvalue weighted by atomic mass is 19.1. The van der Waals surface area contributed by atoms with E-state index in [1.165, 1.54) is 18.2 Å². The van der Waals surface area contributed by atoms with Crippen LogP contribution < -0.4 is 5.32 Å². The van der Waals surface area contributed by atoms with Crippen LogP contribution in [-0.2, 0) is 16.0 Å². The van der Waals surface area contributed by atoms with Crippen molar-refractivity contribution in [1.82, 2.24) is 10.2 Å². The number of nitrogens with one attached hydrogen (secondary N) is 1. The molecule has 1 aromatic carbocycles. The van der Waals surface area contributed by atoms with E-state index in [1.54, 1.807) is 18.7 Å². The molecule has 0 spiro atoms. The first-order chi connectivity index (χ1) is 11.3. The summed E-state index contributed by atoms with van der Waals surface area (Å²) in [5.74, 6) is -2.61. The maximum atomic E-state index is 13.6. The number of nitrogens with zero attached hydrogens (tertiary/aromatic N) is 1. The van der Waals surface area contributed by atoms with Gasteiger partial charge in [0.2, 0.25) is 5.91 Å². The first-order valence-electron chi connectivity index (χ1n) is 8.00. The Kier molecular flexibility index (Phi) is 5.88. The molecule has 0 radical (unpaired) electrons. The molecule has 1 aliphatic carbocycles.